The second-order valence-corrected chi connectivity index (χ2v) is 6.00. The number of ether oxygens (including phenoxy) is 1. The number of carbonyl (C=O) groups excluding carboxylic acids is 1. The quantitative estimate of drug-likeness (QED) is 0.360. The molecule has 7 heteroatoms. The minimum Gasteiger partial charge on any atom is -0.492 e. The molecule has 1 amide bonds. The van der Waals surface area contributed by atoms with Gasteiger partial charge in [-0.2, -0.15) is 0 Å². The van der Waals surface area contributed by atoms with Crippen LogP contribution in [0.5, 0.6) is 5.75 Å². The van der Waals surface area contributed by atoms with Crippen molar-refractivity contribution in [3.63, 3.8) is 0 Å². The van der Waals surface area contributed by atoms with Crippen LogP contribution < -0.4 is 20.7 Å². The van der Waals surface area contributed by atoms with Gasteiger partial charge in [0, 0.05) is 24.0 Å². The lowest BCUT2D eigenvalue weighted by molar-refractivity contribution is -0.122. The van der Waals surface area contributed by atoms with Crippen LogP contribution >= 0.6 is 11.6 Å². The molecule has 24 heavy (non-hydrogen) atoms. The summed E-state index contributed by atoms with van der Waals surface area (Å²) in [6.45, 7) is 5.01. The summed E-state index contributed by atoms with van der Waals surface area (Å²) in [7, 11) is 0. The van der Waals surface area contributed by atoms with Crippen molar-refractivity contribution in [2.75, 3.05) is 32.8 Å². The Labute approximate surface area is 148 Å². The van der Waals surface area contributed by atoms with Crippen LogP contribution in [0.1, 0.15) is 19.8 Å². The van der Waals surface area contributed by atoms with Gasteiger partial charge in [0.15, 0.2) is 5.96 Å². The molecule has 1 saturated carbocycles. The van der Waals surface area contributed by atoms with Gasteiger partial charge in [0.1, 0.15) is 12.4 Å². The third-order valence-electron chi connectivity index (χ3n) is 3.43. The predicted molar refractivity (Wildman–Crippen MR) is 96.7 cm³/mol. The molecule has 1 aromatic carbocycles. The van der Waals surface area contributed by atoms with E-state index in [2.05, 4.69) is 20.9 Å². The molecule has 6 nitrogen and oxygen atoms in total. The summed E-state index contributed by atoms with van der Waals surface area (Å²) in [5, 5.41) is 9.91. The van der Waals surface area contributed by atoms with E-state index in [4.69, 9.17) is 16.3 Å². The van der Waals surface area contributed by atoms with Crippen LogP contribution in [0.4, 0.5) is 0 Å². The van der Waals surface area contributed by atoms with Crippen LogP contribution in [0, 0.1) is 5.92 Å². The van der Waals surface area contributed by atoms with Gasteiger partial charge in [-0.15, -0.1) is 0 Å². The van der Waals surface area contributed by atoms with Gasteiger partial charge in [-0.05, 0) is 38.0 Å². The first-order valence-electron chi connectivity index (χ1n) is 8.37. The Morgan fingerprint density at radius 2 is 2.12 bits per heavy atom. The van der Waals surface area contributed by atoms with Crippen molar-refractivity contribution in [2.24, 2.45) is 10.9 Å². The van der Waals surface area contributed by atoms with E-state index in [0.29, 0.717) is 37.2 Å². The van der Waals surface area contributed by atoms with Crippen LogP contribution in [0.3, 0.4) is 0 Å². The summed E-state index contributed by atoms with van der Waals surface area (Å²) in [4.78, 5) is 16.0. The summed E-state index contributed by atoms with van der Waals surface area (Å²) in [5.74, 6) is 1.85. The minimum atomic E-state index is 0.151. The second kappa shape index (κ2) is 10.0. The zero-order valence-corrected chi connectivity index (χ0v) is 14.7. The first-order chi connectivity index (χ1) is 11.7. The molecule has 3 N–H and O–H groups in total. The van der Waals surface area contributed by atoms with Crippen molar-refractivity contribution in [2.45, 2.75) is 19.8 Å². The average molecular weight is 353 g/mol. The van der Waals surface area contributed by atoms with Crippen molar-refractivity contribution in [3.05, 3.63) is 29.3 Å². The molecule has 0 spiro atoms. The maximum Gasteiger partial charge on any atom is 0.223 e. The van der Waals surface area contributed by atoms with Crippen LogP contribution in [0.25, 0.3) is 0 Å². The number of hydrogen-bond acceptors (Lipinski definition) is 3. The second-order valence-electron chi connectivity index (χ2n) is 5.56. The lowest BCUT2D eigenvalue weighted by Gasteiger charge is -2.12. The summed E-state index contributed by atoms with van der Waals surface area (Å²) in [6.07, 6.45) is 2.04. The van der Waals surface area contributed by atoms with E-state index in [1.165, 1.54) is 0 Å². The smallest absolute Gasteiger partial charge is 0.223 e. The molecule has 0 radical (unpaired) electrons. The van der Waals surface area contributed by atoms with E-state index in [-0.39, 0.29) is 11.8 Å². The highest BCUT2D eigenvalue weighted by Gasteiger charge is 2.28. The maximum absolute atomic E-state index is 11.5. The monoisotopic (exact) mass is 352 g/mol. The third kappa shape index (κ3) is 7.08. The fourth-order valence-corrected chi connectivity index (χ4v) is 2.25. The zero-order chi connectivity index (χ0) is 17.2. The number of aliphatic imine (C=N–C) groups is 1. The summed E-state index contributed by atoms with van der Waals surface area (Å²) >= 11 is 5.91. The largest absolute Gasteiger partial charge is 0.492 e. The summed E-state index contributed by atoms with van der Waals surface area (Å²) in [6, 6.07) is 7.31. The SMILES string of the molecule is CCNC(=NCCNC(=O)C1CC1)NCCOc1cccc(Cl)c1. The van der Waals surface area contributed by atoms with Crippen molar-refractivity contribution in [1.82, 2.24) is 16.0 Å². The van der Waals surface area contributed by atoms with Gasteiger partial charge in [0.25, 0.3) is 0 Å². The van der Waals surface area contributed by atoms with Gasteiger partial charge >= 0.3 is 0 Å². The highest BCUT2D eigenvalue weighted by Crippen LogP contribution is 2.28. The first kappa shape index (κ1) is 18.4. The fourth-order valence-electron chi connectivity index (χ4n) is 2.07. The molecule has 1 fully saturated rings. The van der Waals surface area contributed by atoms with Crippen LogP contribution in [0.15, 0.2) is 29.3 Å². The Morgan fingerprint density at radius 3 is 2.83 bits per heavy atom. The Hall–Kier alpha value is -1.95. The van der Waals surface area contributed by atoms with Crippen LogP contribution in [-0.2, 0) is 4.79 Å². The molecule has 0 heterocycles. The van der Waals surface area contributed by atoms with Gasteiger partial charge in [-0.3, -0.25) is 9.79 Å². The standard InChI is InChI=1S/C17H25ClN4O2/c1-2-19-17(21-9-8-20-16(23)13-6-7-13)22-10-11-24-15-5-3-4-14(18)12-15/h3-5,12-13H,2,6-11H2,1H3,(H,20,23)(H2,19,21,22). The van der Waals surface area contributed by atoms with E-state index < -0.39 is 0 Å². The molecule has 0 bridgehead atoms. The normalized spacial score (nSPS) is 14.2. The van der Waals surface area contributed by atoms with Gasteiger partial charge in [0.05, 0.1) is 13.1 Å². The molecule has 1 aliphatic carbocycles. The number of nitrogens with zero attached hydrogens (tertiary/aromatic N) is 1. The van der Waals surface area contributed by atoms with Crippen molar-refractivity contribution >= 4 is 23.5 Å². The van der Waals surface area contributed by atoms with E-state index in [1.807, 2.05) is 25.1 Å². The molecule has 132 valence electrons. The molecule has 1 aliphatic rings. The lowest BCUT2D eigenvalue weighted by atomic mass is 10.3. The summed E-state index contributed by atoms with van der Waals surface area (Å²) in [5.41, 5.74) is 0. The Morgan fingerprint density at radius 1 is 1.29 bits per heavy atom. The molecule has 0 unspecified atom stereocenters. The van der Waals surface area contributed by atoms with E-state index in [1.54, 1.807) is 6.07 Å². The molecule has 1 aromatic rings. The zero-order valence-electron chi connectivity index (χ0n) is 14.0. The predicted octanol–water partition coefficient (Wildman–Crippen LogP) is 1.80. The van der Waals surface area contributed by atoms with Gasteiger partial charge in [0.2, 0.25) is 5.91 Å². The molecule has 0 saturated heterocycles. The summed E-state index contributed by atoms with van der Waals surface area (Å²) < 4.78 is 5.62. The van der Waals surface area contributed by atoms with Crippen molar-refractivity contribution < 1.29 is 9.53 Å². The van der Waals surface area contributed by atoms with Crippen molar-refractivity contribution in [1.29, 1.82) is 0 Å². The molecule has 0 aromatic heterocycles. The molecule has 0 atom stereocenters. The number of carbonyl (C=O) groups is 1. The third-order valence-corrected chi connectivity index (χ3v) is 3.67. The number of rotatable bonds is 9. The fraction of sp³-hybridized carbons (Fsp3) is 0.529. The topological polar surface area (TPSA) is 74.8 Å². The number of nitrogens with one attached hydrogen (secondary N) is 3. The molecule has 0 aliphatic heterocycles. The molecule has 2 rings (SSSR count). The van der Waals surface area contributed by atoms with Crippen molar-refractivity contribution in [3.8, 4) is 5.75 Å². The molecular weight excluding hydrogens is 328 g/mol. The first-order valence-corrected chi connectivity index (χ1v) is 8.75. The number of hydrogen-bond donors (Lipinski definition) is 3. The Balaban J connectivity index is 1.63. The van der Waals surface area contributed by atoms with Crippen LogP contribution in [-0.4, -0.2) is 44.7 Å². The Kier molecular flexibility index (Phi) is 7.68. The van der Waals surface area contributed by atoms with E-state index >= 15 is 0 Å². The van der Waals surface area contributed by atoms with Gasteiger partial charge < -0.3 is 20.7 Å². The van der Waals surface area contributed by atoms with E-state index in [9.17, 15) is 4.79 Å². The highest BCUT2D eigenvalue weighted by atomic mass is 35.5. The number of benzene rings is 1. The molecular formula is C17H25ClN4O2. The minimum absolute atomic E-state index is 0.151. The number of amides is 1. The highest BCUT2D eigenvalue weighted by molar-refractivity contribution is 6.30. The van der Waals surface area contributed by atoms with Crippen LogP contribution in [0.2, 0.25) is 5.02 Å². The Bertz CT molecular complexity index is 561. The van der Waals surface area contributed by atoms with Gasteiger partial charge in [-0.1, -0.05) is 17.7 Å². The van der Waals surface area contributed by atoms with Gasteiger partial charge in [-0.25, -0.2) is 0 Å². The lowest BCUT2D eigenvalue weighted by Crippen LogP contribution is -2.40. The van der Waals surface area contributed by atoms with E-state index in [0.717, 1.165) is 25.1 Å². The average Bonchev–Trinajstić information content (AvgIpc) is 3.40. The number of guanidine groups is 1. The number of halogens is 1. The maximum atomic E-state index is 11.5.